The van der Waals surface area contributed by atoms with Crippen molar-refractivity contribution < 1.29 is 9.53 Å². The van der Waals surface area contributed by atoms with Gasteiger partial charge >= 0.3 is 0 Å². The van der Waals surface area contributed by atoms with Crippen molar-refractivity contribution in [3.05, 3.63) is 10.6 Å². The van der Waals surface area contributed by atoms with Crippen LogP contribution in [0.25, 0.3) is 0 Å². The molecule has 2 fully saturated rings. The van der Waals surface area contributed by atoms with Crippen LogP contribution in [0.1, 0.15) is 27.7 Å². The molecule has 4 unspecified atom stereocenters. The van der Waals surface area contributed by atoms with Gasteiger partial charge in [0.15, 0.2) is 0 Å². The minimum absolute atomic E-state index is 0.0162. The number of ether oxygens (including phenoxy) is 1. The zero-order chi connectivity index (χ0) is 14.4. The monoisotopic (exact) mass is 305 g/mol. The molecule has 1 aliphatic carbocycles. The van der Waals surface area contributed by atoms with Crippen LogP contribution in [-0.2, 0) is 9.53 Å². The molecule has 1 saturated carbocycles. The second-order valence-corrected chi connectivity index (χ2v) is 7.29. The zero-order valence-corrected chi connectivity index (χ0v) is 13.3. The van der Waals surface area contributed by atoms with Crippen molar-refractivity contribution in [3.8, 4) is 0 Å². The summed E-state index contributed by atoms with van der Waals surface area (Å²) in [6, 6.07) is 0. The van der Waals surface area contributed by atoms with Crippen molar-refractivity contribution in [3.63, 3.8) is 0 Å². The molecular weight excluding hydrogens is 285 g/mol. The molecule has 0 aromatic carbocycles. The maximum atomic E-state index is 12.6. The molecule has 2 aliphatic rings. The van der Waals surface area contributed by atoms with Crippen molar-refractivity contribution >= 4 is 29.1 Å². The van der Waals surface area contributed by atoms with Crippen LogP contribution in [0.2, 0.25) is 0 Å². The number of nitrogens with zero attached hydrogens (tertiary/aromatic N) is 1. The lowest BCUT2D eigenvalue weighted by molar-refractivity contribution is -0.145. The van der Waals surface area contributed by atoms with Gasteiger partial charge in [-0.2, -0.15) is 0 Å². The van der Waals surface area contributed by atoms with Gasteiger partial charge in [-0.25, -0.2) is 0 Å². The van der Waals surface area contributed by atoms with Crippen molar-refractivity contribution in [2.75, 3.05) is 13.1 Å². The van der Waals surface area contributed by atoms with E-state index in [0.29, 0.717) is 13.1 Å². The van der Waals surface area contributed by atoms with E-state index in [0.717, 1.165) is 0 Å². The number of halogens is 2. The molecule has 3 nitrogen and oxygen atoms in total. The van der Waals surface area contributed by atoms with Crippen LogP contribution in [0.15, 0.2) is 10.6 Å². The summed E-state index contributed by atoms with van der Waals surface area (Å²) in [5.74, 6) is 0.318. The van der Waals surface area contributed by atoms with Crippen LogP contribution in [0.5, 0.6) is 0 Å². The number of hydrogen-bond donors (Lipinski definition) is 0. The number of hydrogen-bond acceptors (Lipinski definition) is 2. The van der Waals surface area contributed by atoms with Gasteiger partial charge in [-0.05, 0) is 31.3 Å². The Kier molecular flexibility index (Phi) is 4.20. The van der Waals surface area contributed by atoms with E-state index in [9.17, 15) is 4.79 Å². The second kappa shape index (κ2) is 5.27. The Bertz CT molecular complexity index is 394. The second-order valence-electron chi connectivity index (χ2n) is 6.28. The van der Waals surface area contributed by atoms with Crippen molar-refractivity contribution in [1.82, 2.24) is 4.90 Å². The van der Waals surface area contributed by atoms with E-state index in [1.54, 1.807) is 6.08 Å². The third kappa shape index (κ3) is 3.09. The largest absolute Gasteiger partial charge is 0.372 e. The van der Waals surface area contributed by atoms with Gasteiger partial charge in [-0.3, -0.25) is 4.79 Å². The van der Waals surface area contributed by atoms with E-state index < -0.39 is 0 Å². The molecule has 0 bridgehead atoms. The lowest BCUT2D eigenvalue weighted by Gasteiger charge is -2.35. The predicted molar refractivity (Wildman–Crippen MR) is 77.1 cm³/mol. The average Bonchev–Trinajstić information content (AvgIpc) is 2.77. The highest BCUT2D eigenvalue weighted by Gasteiger charge is 2.61. The average molecular weight is 306 g/mol. The molecule has 0 N–H and O–H groups in total. The highest BCUT2D eigenvalue weighted by molar-refractivity contribution is 6.55. The van der Waals surface area contributed by atoms with Gasteiger partial charge in [-0.1, -0.05) is 37.0 Å². The maximum absolute atomic E-state index is 12.6. The van der Waals surface area contributed by atoms with Gasteiger partial charge in [0.1, 0.15) is 4.49 Å². The van der Waals surface area contributed by atoms with E-state index in [4.69, 9.17) is 27.9 Å². The van der Waals surface area contributed by atoms with Crippen LogP contribution >= 0.6 is 23.2 Å². The Balaban J connectivity index is 2.07. The third-order valence-electron chi connectivity index (χ3n) is 4.21. The fourth-order valence-corrected chi connectivity index (χ4v) is 3.42. The number of allylic oxidation sites excluding steroid dienone is 1. The molecule has 108 valence electrons. The Morgan fingerprint density at radius 1 is 1.26 bits per heavy atom. The molecule has 0 radical (unpaired) electrons. The summed E-state index contributed by atoms with van der Waals surface area (Å²) in [6.07, 6.45) is 1.99. The Labute approximate surface area is 124 Å². The molecule has 1 aliphatic heterocycles. The molecule has 0 spiro atoms. The topological polar surface area (TPSA) is 29.5 Å². The van der Waals surface area contributed by atoms with E-state index in [1.807, 2.05) is 18.7 Å². The molecule has 2 rings (SSSR count). The summed E-state index contributed by atoms with van der Waals surface area (Å²) in [4.78, 5) is 14.5. The predicted octanol–water partition coefficient (Wildman–Crippen LogP) is 3.21. The minimum atomic E-state index is -0.0586. The summed E-state index contributed by atoms with van der Waals surface area (Å²) in [5.41, 5.74) is -0.0586. The molecule has 0 aromatic rings. The summed E-state index contributed by atoms with van der Waals surface area (Å²) >= 11 is 11.4. The summed E-state index contributed by atoms with van der Waals surface area (Å²) in [5, 5.41) is 0. The van der Waals surface area contributed by atoms with E-state index in [2.05, 4.69) is 13.8 Å². The van der Waals surface area contributed by atoms with Crippen LogP contribution in [0.4, 0.5) is 0 Å². The lowest BCUT2D eigenvalue weighted by Crippen LogP contribution is -2.49. The molecular formula is C14H21Cl2NO2. The van der Waals surface area contributed by atoms with Gasteiger partial charge in [-0.15, -0.1) is 0 Å². The first-order chi connectivity index (χ1) is 8.73. The maximum Gasteiger partial charge on any atom is 0.227 e. The fourth-order valence-electron chi connectivity index (χ4n) is 3.15. The zero-order valence-electron chi connectivity index (χ0n) is 11.8. The standard InChI is InChI=1S/C14H21Cl2NO2/c1-8-6-17(7-9(2)19-8)13(18)12-10(5-11(15)16)14(12,3)4/h5,8-10,12H,6-7H2,1-4H3. The Hall–Kier alpha value is -0.250. The quantitative estimate of drug-likeness (QED) is 0.784. The van der Waals surface area contributed by atoms with Gasteiger partial charge in [0.05, 0.1) is 18.1 Å². The summed E-state index contributed by atoms with van der Waals surface area (Å²) in [6.45, 7) is 9.51. The number of carbonyl (C=O) groups excluding carboxylic acids is 1. The first-order valence-electron chi connectivity index (χ1n) is 6.70. The highest BCUT2D eigenvalue weighted by atomic mass is 35.5. The molecule has 1 amide bonds. The van der Waals surface area contributed by atoms with E-state index in [1.165, 1.54) is 0 Å². The molecule has 1 saturated heterocycles. The number of amides is 1. The SMILES string of the molecule is CC1CN(C(=O)C2C(C=C(Cl)Cl)C2(C)C)CC(C)O1. The van der Waals surface area contributed by atoms with E-state index in [-0.39, 0.29) is 39.9 Å². The smallest absolute Gasteiger partial charge is 0.227 e. The number of morpholine rings is 1. The van der Waals surface area contributed by atoms with Crippen LogP contribution in [-0.4, -0.2) is 36.1 Å². The van der Waals surface area contributed by atoms with Crippen LogP contribution in [0, 0.1) is 17.3 Å². The molecule has 1 heterocycles. The van der Waals surface area contributed by atoms with Crippen molar-refractivity contribution in [2.24, 2.45) is 17.3 Å². The van der Waals surface area contributed by atoms with Gasteiger partial charge < -0.3 is 9.64 Å². The van der Waals surface area contributed by atoms with Gasteiger partial charge in [0.2, 0.25) is 5.91 Å². The number of carbonyl (C=O) groups is 1. The van der Waals surface area contributed by atoms with Crippen LogP contribution < -0.4 is 0 Å². The summed E-state index contributed by atoms with van der Waals surface area (Å²) < 4.78 is 5.91. The number of rotatable bonds is 2. The Morgan fingerprint density at radius 2 is 1.79 bits per heavy atom. The Morgan fingerprint density at radius 3 is 2.26 bits per heavy atom. The first-order valence-corrected chi connectivity index (χ1v) is 7.46. The van der Waals surface area contributed by atoms with Gasteiger partial charge in [0.25, 0.3) is 0 Å². The normalized spacial score (nSPS) is 36.8. The summed E-state index contributed by atoms with van der Waals surface area (Å²) in [7, 11) is 0. The molecule has 19 heavy (non-hydrogen) atoms. The lowest BCUT2D eigenvalue weighted by atomic mass is 10.1. The molecule has 5 heteroatoms. The highest BCUT2D eigenvalue weighted by Crippen LogP contribution is 2.60. The van der Waals surface area contributed by atoms with Crippen molar-refractivity contribution in [1.29, 1.82) is 0 Å². The molecule has 4 atom stereocenters. The van der Waals surface area contributed by atoms with Gasteiger partial charge in [0, 0.05) is 13.1 Å². The first kappa shape index (κ1) is 15.1. The minimum Gasteiger partial charge on any atom is -0.372 e. The van der Waals surface area contributed by atoms with E-state index >= 15 is 0 Å². The molecule has 0 aromatic heterocycles. The van der Waals surface area contributed by atoms with Crippen LogP contribution in [0.3, 0.4) is 0 Å². The fraction of sp³-hybridized carbons (Fsp3) is 0.786. The third-order valence-corrected chi connectivity index (χ3v) is 4.47. The van der Waals surface area contributed by atoms with Crippen molar-refractivity contribution in [2.45, 2.75) is 39.9 Å².